The van der Waals surface area contributed by atoms with Crippen molar-refractivity contribution in [1.29, 1.82) is 0 Å². The molecule has 2 atom stereocenters. The van der Waals surface area contributed by atoms with E-state index in [1.807, 2.05) is 20.8 Å². The van der Waals surface area contributed by atoms with Crippen LogP contribution in [0.15, 0.2) is 0 Å². The fraction of sp³-hybridized carbons (Fsp3) is 0.833. The maximum absolute atomic E-state index is 11.5. The van der Waals surface area contributed by atoms with E-state index in [4.69, 9.17) is 9.47 Å². The summed E-state index contributed by atoms with van der Waals surface area (Å²) in [5.74, 6) is 0. The normalized spacial score (nSPS) is 25.1. The molecule has 0 saturated carbocycles. The minimum absolute atomic E-state index is 0.00388. The molecule has 0 unspecified atom stereocenters. The second-order valence-electron chi connectivity index (χ2n) is 5.28. The number of carbonyl (C=O) groups is 2. The lowest BCUT2D eigenvalue weighted by atomic mass is 10.0. The van der Waals surface area contributed by atoms with E-state index >= 15 is 0 Å². The number of aldehydes is 1. The lowest BCUT2D eigenvalue weighted by Crippen LogP contribution is -2.44. The lowest BCUT2D eigenvalue weighted by Gasteiger charge is -2.29. The Kier molecular flexibility index (Phi) is 4.93. The first-order valence-corrected chi connectivity index (χ1v) is 5.95. The molecule has 0 aliphatic carbocycles. The topological polar surface area (TPSA) is 64.6 Å². The van der Waals surface area contributed by atoms with Gasteiger partial charge in [0.15, 0.2) is 0 Å². The Morgan fingerprint density at radius 1 is 1.47 bits per heavy atom. The van der Waals surface area contributed by atoms with Crippen LogP contribution >= 0.6 is 0 Å². The molecule has 5 nitrogen and oxygen atoms in total. The molecule has 98 valence electrons. The number of hydrogen-bond acceptors (Lipinski definition) is 4. The fourth-order valence-corrected chi connectivity index (χ4v) is 1.69. The van der Waals surface area contributed by atoms with Gasteiger partial charge < -0.3 is 19.6 Å². The molecule has 1 aliphatic heterocycles. The monoisotopic (exact) mass is 243 g/mol. The van der Waals surface area contributed by atoms with Crippen molar-refractivity contribution in [1.82, 2.24) is 5.32 Å². The highest BCUT2D eigenvalue weighted by atomic mass is 16.6. The quantitative estimate of drug-likeness (QED) is 0.765. The summed E-state index contributed by atoms with van der Waals surface area (Å²) in [5, 5.41) is 2.76. The van der Waals surface area contributed by atoms with Crippen molar-refractivity contribution in [2.24, 2.45) is 0 Å². The molecule has 0 bridgehead atoms. The molecule has 1 N–H and O–H groups in total. The first-order chi connectivity index (χ1) is 7.90. The molecule has 17 heavy (non-hydrogen) atoms. The summed E-state index contributed by atoms with van der Waals surface area (Å²) >= 11 is 0. The molecule has 5 heteroatoms. The summed E-state index contributed by atoms with van der Waals surface area (Å²) in [5.41, 5.74) is -0.486. The highest BCUT2D eigenvalue weighted by Gasteiger charge is 2.24. The van der Waals surface area contributed by atoms with Crippen LogP contribution in [0.2, 0.25) is 0 Å². The summed E-state index contributed by atoms with van der Waals surface area (Å²) < 4.78 is 10.6. The first-order valence-electron chi connectivity index (χ1n) is 5.95. The smallest absolute Gasteiger partial charge is 0.407 e. The average Bonchev–Trinajstić information content (AvgIpc) is 2.18. The number of carbonyl (C=O) groups excluding carboxylic acids is 2. The van der Waals surface area contributed by atoms with Gasteiger partial charge in [-0.1, -0.05) is 0 Å². The fourth-order valence-electron chi connectivity index (χ4n) is 1.69. The molecule has 1 heterocycles. The standard InChI is InChI=1S/C12H21NO4/c1-12(2,3)17-11(15)13-9-4-5-10(6-7-14)16-8-9/h7,9-10H,4-6,8H2,1-3H3,(H,13,15)/t9-,10+/m0/s1. The van der Waals surface area contributed by atoms with Crippen molar-refractivity contribution in [2.45, 2.75) is 57.8 Å². The zero-order chi connectivity index (χ0) is 12.9. The molecule has 0 spiro atoms. The average molecular weight is 243 g/mol. The number of alkyl carbamates (subject to hydrolysis) is 1. The van der Waals surface area contributed by atoms with Crippen LogP contribution in [-0.4, -0.2) is 36.7 Å². The third-order valence-corrected chi connectivity index (χ3v) is 2.45. The van der Waals surface area contributed by atoms with Gasteiger partial charge >= 0.3 is 6.09 Å². The highest BCUT2D eigenvalue weighted by Crippen LogP contribution is 2.16. The van der Waals surface area contributed by atoms with Crippen molar-refractivity contribution in [2.75, 3.05) is 6.61 Å². The van der Waals surface area contributed by atoms with Crippen LogP contribution in [0.25, 0.3) is 0 Å². The maximum atomic E-state index is 11.5. The summed E-state index contributed by atoms with van der Waals surface area (Å²) in [6, 6.07) is -0.0206. The Labute approximate surface area is 102 Å². The van der Waals surface area contributed by atoms with Crippen LogP contribution in [0.5, 0.6) is 0 Å². The number of ether oxygens (including phenoxy) is 2. The molecule has 0 aromatic carbocycles. The molecule has 0 radical (unpaired) electrons. The van der Waals surface area contributed by atoms with Crippen LogP contribution < -0.4 is 5.32 Å². The number of rotatable bonds is 3. The number of nitrogens with one attached hydrogen (secondary N) is 1. The second kappa shape index (κ2) is 6.00. The lowest BCUT2D eigenvalue weighted by molar-refractivity contribution is -0.111. The minimum Gasteiger partial charge on any atom is -0.444 e. The van der Waals surface area contributed by atoms with Crippen molar-refractivity contribution < 1.29 is 19.1 Å². The predicted molar refractivity (Wildman–Crippen MR) is 62.8 cm³/mol. The van der Waals surface area contributed by atoms with Gasteiger partial charge in [0.25, 0.3) is 0 Å². The summed E-state index contributed by atoms with van der Waals surface area (Å²) in [7, 11) is 0. The van der Waals surface area contributed by atoms with E-state index in [0.29, 0.717) is 13.0 Å². The first kappa shape index (κ1) is 14.0. The van der Waals surface area contributed by atoms with Crippen LogP contribution in [-0.2, 0) is 14.3 Å². The largest absolute Gasteiger partial charge is 0.444 e. The third-order valence-electron chi connectivity index (χ3n) is 2.45. The molecule has 1 saturated heterocycles. The van der Waals surface area contributed by atoms with Gasteiger partial charge in [0.2, 0.25) is 0 Å². The Balaban J connectivity index is 2.26. The Morgan fingerprint density at radius 3 is 2.65 bits per heavy atom. The van der Waals surface area contributed by atoms with Crippen molar-refractivity contribution >= 4 is 12.4 Å². The van der Waals surface area contributed by atoms with E-state index in [1.54, 1.807) is 0 Å². The predicted octanol–water partition coefficient (Wildman–Crippen LogP) is 1.65. The minimum atomic E-state index is -0.486. The molecule has 1 rings (SSSR count). The highest BCUT2D eigenvalue weighted by molar-refractivity contribution is 5.68. The summed E-state index contributed by atoms with van der Waals surface area (Å²) in [4.78, 5) is 21.8. The van der Waals surface area contributed by atoms with Crippen molar-refractivity contribution in [3.05, 3.63) is 0 Å². The number of hydrogen-bond donors (Lipinski definition) is 1. The molecular formula is C12H21NO4. The second-order valence-corrected chi connectivity index (χ2v) is 5.28. The van der Waals surface area contributed by atoms with Crippen LogP contribution in [0.3, 0.4) is 0 Å². The molecular weight excluding hydrogens is 222 g/mol. The van der Waals surface area contributed by atoms with E-state index in [0.717, 1.165) is 19.1 Å². The van der Waals surface area contributed by atoms with E-state index in [2.05, 4.69) is 5.32 Å². The number of amides is 1. The zero-order valence-electron chi connectivity index (χ0n) is 10.7. The summed E-state index contributed by atoms with van der Waals surface area (Å²) in [6.45, 7) is 5.91. The zero-order valence-corrected chi connectivity index (χ0v) is 10.7. The molecule has 1 aliphatic rings. The Hall–Kier alpha value is -1.10. The Bertz CT molecular complexity index is 264. The van der Waals surface area contributed by atoms with E-state index in [-0.39, 0.29) is 12.1 Å². The van der Waals surface area contributed by atoms with Gasteiger partial charge in [-0.15, -0.1) is 0 Å². The van der Waals surface area contributed by atoms with Gasteiger partial charge in [0.05, 0.1) is 18.8 Å². The van der Waals surface area contributed by atoms with Gasteiger partial charge in [-0.2, -0.15) is 0 Å². The summed E-state index contributed by atoms with van der Waals surface area (Å²) in [6.07, 6.45) is 2.49. The van der Waals surface area contributed by atoms with Crippen molar-refractivity contribution in [3.63, 3.8) is 0 Å². The molecule has 0 aromatic rings. The Morgan fingerprint density at radius 2 is 2.18 bits per heavy atom. The van der Waals surface area contributed by atoms with E-state index in [1.165, 1.54) is 0 Å². The van der Waals surface area contributed by atoms with E-state index in [9.17, 15) is 9.59 Å². The maximum Gasteiger partial charge on any atom is 0.407 e. The van der Waals surface area contributed by atoms with Gasteiger partial charge in [-0.25, -0.2) is 4.79 Å². The van der Waals surface area contributed by atoms with Gasteiger partial charge in [0, 0.05) is 6.42 Å². The van der Waals surface area contributed by atoms with Gasteiger partial charge in [-0.05, 0) is 33.6 Å². The van der Waals surface area contributed by atoms with Crippen LogP contribution in [0.4, 0.5) is 4.79 Å². The van der Waals surface area contributed by atoms with E-state index < -0.39 is 11.7 Å². The molecule has 1 amide bonds. The van der Waals surface area contributed by atoms with Crippen LogP contribution in [0.1, 0.15) is 40.0 Å². The molecule has 1 fully saturated rings. The van der Waals surface area contributed by atoms with Gasteiger partial charge in [0.1, 0.15) is 11.9 Å². The van der Waals surface area contributed by atoms with Gasteiger partial charge in [-0.3, -0.25) is 0 Å². The third kappa shape index (κ3) is 5.68. The molecule has 0 aromatic heterocycles. The van der Waals surface area contributed by atoms with Crippen molar-refractivity contribution in [3.8, 4) is 0 Å². The SMILES string of the molecule is CC(C)(C)OC(=O)N[C@H]1CC[C@H](CC=O)OC1. The van der Waals surface area contributed by atoms with Crippen LogP contribution in [0, 0.1) is 0 Å².